The summed E-state index contributed by atoms with van der Waals surface area (Å²) in [6, 6.07) is 0. The number of hydrogen-bond donors (Lipinski definition) is 0. The maximum Gasteiger partial charge on any atom is 0.450 e. The van der Waals surface area contributed by atoms with Gasteiger partial charge in [0.05, 0.1) is 27.2 Å². The maximum absolute atomic E-state index is 3.29. The summed E-state index contributed by atoms with van der Waals surface area (Å²) in [5.74, 6) is -1.58. The highest BCUT2D eigenvalue weighted by Gasteiger charge is 2.09. The summed E-state index contributed by atoms with van der Waals surface area (Å²) in [4.78, 5) is 0. The smallest absolute Gasteiger partial charge is 0.363 e. The van der Waals surface area contributed by atoms with E-state index in [2.05, 4.69) is 115 Å². The van der Waals surface area contributed by atoms with Crippen molar-refractivity contribution >= 4 is 62.0 Å². The summed E-state index contributed by atoms with van der Waals surface area (Å²) < 4.78 is 8.43. The number of nitrogens with zero attached hydrogens (tertiary/aromatic N) is 4. The molecule has 0 amide bonds. The Balaban J connectivity index is 0.000000335. The molecular weight excluding hydrogens is 571 g/mol. The van der Waals surface area contributed by atoms with E-state index in [1.807, 2.05) is 24.9 Å². The number of halogens is 4. The number of imidazole rings is 2. The molecule has 132 valence electrons. The van der Waals surface area contributed by atoms with Crippen LogP contribution in [0.15, 0.2) is 37.4 Å². The predicted octanol–water partition coefficient (Wildman–Crippen LogP) is 4.45. The average Bonchev–Trinajstić information content (AvgIpc) is 3.04. The Morgan fingerprint density at radius 2 is 1.30 bits per heavy atom. The minimum atomic E-state index is -1.58. The third-order valence-corrected chi connectivity index (χ3v) is 2.78. The zero-order valence-electron chi connectivity index (χ0n) is 14.2. The van der Waals surface area contributed by atoms with Crippen LogP contribution in [0.3, 0.4) is 0 Å². The van der Waals surface area contributed by atoms with Crippen molar-refractivity contribution in [1.29, 1.82) is 0 Å². The SMILES string of the molecule is CCCCn1cc[n+](C)c1.CCn1cc[n+](C)c1.[Br][Al-]([Br])([Br])[Br]. The van der Waals surface area contributed by atoms with E-state index in [0.717, 1.165) is 13.1 Å². The molecule has 0 saturated carbocycles. The molecule has 0 saturated heterocycles. The summed E-state index contributed by atoms with van der Waals surface area (Å²) in [6.07, 6.45) is 15.0. The molecule has 0 bridgehead atoms. The minimum Gasteiger partial charge on any atom is -0.363 e. The molecule has 0 fully saturated rings. The van der Waals surface area contributed by atoms with Gasteiger partial charge >= 0.3 is 5.77 Å². The van der Waals surface area contributed by atoms with Gasteiger partial charge in [0, 0.05) is 0 Å². The quantitative estimate of drug-likeness (QED) is 0.367. The lowest BCUT2D eigenvalue weighted by Crippen LogP contribution is -2.23. The van der Waals surface area contributed by atoms with Crippen LogP contribution in [0.4, 0.5) is 0 Å². The van der Waals surface area contributed by atoms with Gasteiger partial charge in [0.2, 0.25) is 12.7 Å². The highest BCUT2D eigenvalue weighted by molar-refractivity contribution is 9.90. The van der Waals surface area contributed by atoms with Gasteiger partial charge in [-0.05, 0) is 13.3 Å². The van der Waals surface area contributed by atoms with E-state index in [1.54, 1.807) is 0 Å². The molecule has 2 rings (SSSR count). The van der Waals surface area contributed by atoms with Crippen molar-refractivity contribution in [3.05, 3.63) is 37.4 Å². The lowest BCUT2D eigenvalue weighted by atomic mass is 10.3. The third kappa shape index (κ3) is 16.1. The molecule has 0 radical (unpaired) electrons. The molecular formula is C14H26AlBr4N4+. The molecule has 0 aromatic carbocycles. The predicted molar refractivity (Wildman–Crippen MR) is 113 cm³/mol. The first-order chi connectivity index (χ1) is 10.7. The largest absolute Gasteiger partial charge is 0.450 e. The molecule has 2 heterocycles. The van der Waals surface area contributed by atoms with Crippen LogP contribution in [-0.2, 0) is 27.2 Å². The number of rotatable bonds is 4. The lowest BCUT2D eigenvalue weighted by Gasteiger charge is -2.00. The van der Waals surface area contributed by atoms with E-state index in [4.69, 9.17) is 0 Å². The zero-order chi connectivity index (χ0) is 17.9. The van der Waals surface area contributed by atoms with Gasteiger partial charge < -0.3 is 56.2 Å². The van der Waals surface area contributed by atoms with Crippen LogP contribution in [0.5, 0.6) is 0 Å². The van der Waals surface area contributed by atoms with E-state index >= 15 is 0 Å². The molecule has 2 aromatic rings. The highest BCUT2D eigenvalue weighted by atomic mass is 80.0. The Morgan fingerprint density at radius 1 is 0.870 bits per heavy atom. The van der Waals surface area contributed by atoms with Gasteiger partial charge in [0.15, 0.2) is 0 Å². The van der Waals surface area contributed by atoms with Crippen molar-refractivity contribution < 1.29 is 9.13 Å². The number of aryl methyl sites for hydroxylation is 4. The van der Waals surface area contributed by atoms with E-state index in [-0.39, 0.29) is 0 Å². The van der Waals surface area contributed by atoms with Crippen LogP contribution in [0, 0.1) is 0 Å². The van der Waals surface area contributed by atoms with Crippen molar-refractivity contribution in [2.24, 2.45) is 14.1 Å². The fraction of sp³-hybridized carbons (Fsp3) is 0.571. The van der Waals surface area contributed by atoms with Crippen molar-refractivity contribution in [1.82, 2.24) is 9.13 Å². The molecule has 0 spiro atoms. The molecule has 0 atom stereocenters. The van der Waals surface area contributed by atoms with Crippen molar-refractivity contribution in [2.75, 3.05) is 0 Å². The first-order valence-corrected chi connectivity index (χ1v) is 20.3. The first-order valence-electron chi connectivity index (χ1n) is 7.55. The monoisotopic (exact) mass is 593 g/mol. The molecule has 2 aromatic heterocycles. The molecule has 0 aliphatic heterocycles. The highest BCUT2D eigenvalue weighted by Crippen LogP contribution is 2.33. The summed E-state index contributed by atoms with van der Waals surface area (Å²) in [5, 5.41) is 0. The lowest BCUT2D eigenvalue weighted by molar-refractivity contribution is -0.671. The third-order valence-electron chi connectivity index (χ3n) is 2.78. The Bertz CT molecular complexity index is 531. The van der Waals surface area contributed by atoms with Crippen molar-refractivity contribution in [3.8, 4) is 0 Å². The summed E-state index contributed by atoms with van der Waals surface area (Å²) in [6.45, 7) is 6.54. The Kier molecular flexibility index (Phi) is 13.6. The number of unbranched alkanes of at least 4 members (excludes halogenated alkanes) is 1. The van der Waals surface area contributed by atoms with Crippen LogP contribution in [-0.4, -0.2) is 14.9 Å². The number of aromatic nitrogens is 4. The van der Waals surface area contributed by atoms with Crippen LogP contribution in [0.2, 0.25) is 0 Å². The van der Waals surface area contributed by atoms with Gasteiger partial charge in [0.1, 0.15) is 24.8 Å². The van der Waals surface area contributed by atoms with Gasteiger partial charge in [-0.2, -0.15) is 0 Å². The van der Waals surface area contributed by atoms with E-state index in [9.17, 15) is 0 Å². The Morgan fingerprint density at radius 3 is 1.57 bits per heavy atom. The van der Waals surface area contributed by atoms with Crippen LogP contribution < -0.4 is 9.13 Å². The van der Waals surface area contributed by atoms with Gasteiger partial charge in [0.25, 0.3) is 0 Å². The van der Waals surface area contributed by atoms with Crippen LogP contribution >= 0.6 is 56.2 Å². The molecule has 0 unspecified atom stereocenters. The molecule has 0 aliphatic rings. The van der Waals surface area contributed by atoms with Gasteiger partial charge in [-0.3, -0.25) is 0 Å². The van der Waals surface area contributed by atoms with Crippen molar-refractivity contribution in [3.63, 3.8) is 0 Å². The van der Waals surface area contributed by atoms with E-state index < -0.39 is 5.77 Å². The molecule has 4 nitrogen and oxygen atoms in total. The normalized spacial score (nSPS) is 10.4. The second-order valence-electron chi connectivity index (χ2n) is 5.07. The second kappa shape index (κ2) is 13.1. The molecule has 0 aliphatic carbocycles. The van der Waals surface area contributed by atoms with Gasteiger partial charge in [-0.1, -0.05) is 13.3 Å². The summed E-state index contributed by atoms with van der Waals surface area (Å²) >= 11 is 13.2. The molecule has 23 heavy (non-hydrogen) atoms. The van der Waals surface area contributed by atoms with E-state index in [1.165, 1.54) is 12.8 Å². The summed E-state index contributed by atoms with van der Waals surface area (Å²) in [5.41, 5.74) is 0. The standard InChI is InChI=1S/C8H15N2.C6H11N2.Al.4BrH/c1-3-4-5-10-7-6-9(2)8-10;1-3-8-5-4-7(2)6-8;;;;;/h6-8H,3-5H2,1-2H3;4-6H,3H2,1-2H3;;4*1H/q2*+1;+3;;;;/p-4. The fourth-order valence-electron chi connectivity index (χ4n) is 1.66. The van der Waals surface area contributed by atoms with Crippen LogP contribution in [0.25, 0.3) is 0 Å². The first kappa shape index (κ1) is 23.9. The van der Waals surface area contributed by atoms with Gasteiger partial charge in [-0.25, -0.2) is 18.3 Å². The van der Waals surface area contributed by atoms with Crippen LogP contribution in [0.1, 0.15) is 26.7 Å². The molecule has 0 N–H and O–H groups in total. The average molecular weight is 597 g/mol. The Hall–Kier alpha value is 0.872. The van der Waals surface area contributed by atoms with Gasteiger partial charge in [-0.15, -0.1) is 0 Å². The topological polar surface area (TPSA) is 17.6 Å². The second-order valence-corrected chi connectivity index (χ2v) is 44.7. The fourth-order valence-corrected chi connectivity index (χ4v) is 1.66. The molecule has 9 heteroatoms. The number of hydrogen-bond acceptors (Lipinski definition) is 0. The summed E-state index contributed by atoms with van der Waals surface area (Å²) in [7, 11) is 4.06. The minimum absolute atomic E-state index is 1.06. The maximum atomic E-state index is 3.29. The zero-order valence-corrected chi connectivity index (χ0v) is 21.7. The van der Waals surface area contributed by atoms with Crippen molar-refractivity contribution in [2.45, 2.75) is 39.8 Å². The van der Waals surface area contributed by atoms with E-state index in [0.29, 0.717) is 0 Å². The Labute approximate surface area is 170 Å².